The van der Waals surface area contributed by atoms with Crippen LogP contribution in [-0.4, -0.2) is 27.4 Å². The number of carbonyl (C=O) groups excluding carboxylic acids is 2. The van der Waals surface area contributed by atoms with Crippen molar-refractivity contribution in [2.24, 2.45) is 5.14 Å². The SMILES string of the molecule is COC(=O)c1ccc(NC(=O)Cc2ccccc2Cl)cc1S(N)(=O)=O. The number of hydrogen-bond donors (Lipinski definition) is 2. The van der Waals surface area contributed by atoms with Crippen molar-refractivity contribution in [3.63, 3.8) is 0 Å². The van der Waals surface area contributed by atoms with Crippen LogP contribution in [0.1, 0.15) is 15.9 Å². The van der Waals surface area contributed by atoms with Crippen molar-refractivity contribution < 1.29 is 22.7 Å². The van der Waals surface area contributed by atoms with Gasteiger partial charge >= 0.3 is 5.97 Å². The number of carbonyl (C=O) groups is 2. The standard InChI is InChI=1S/C16H15ClN2O5S/c1-24-16(21)12-7-6-11(9-14(12)25(18,22)23)19-15(20)8-10-4-2-3-5-13(10)17/h2-7,9H,8H2,1H3,(H,19,20)(H2,18,22,23). The van der Waals surface area contributed by atoms with Crippen molar-refractivity contribution >= 4 is 39.2 Å². The molecule has 0 bridgehead atoms. The van der Waals surface area contributed by atoms with Gasteiger partial charge in [-0.1, -0.05) is 29.8 Å². The molecular formula is C16H15ClN2O5S. The van der Waals surface area contributed by atoms with Gasteiger partial charge in [0.15, 0.2) is 0 Å². The normalized spacial score (nSPS) is 11.0. The van der Waals surface area contributed by atoms with Gasteiger partial charge in [-0.2, -0.15) is 0 Å². The lowest BCUT2D eigenvalue weighted by Crippen LogP contribution is -2.19. The molecule has 3 N–H and O–H groups in total. The summed E-state index contributed by atoms with van der Waals surface area (Å²) < 4.78 is 27.9. The van der Waals surface area contributed by atoms with E-state index in [1.54, 1.807) is 24.3 Å². The van der Waals surface area contributed by atoms with Crippen LogP contribution < -0.4 is 10.5 Å². The fourth-order valence-electron chi connectivity index (χ4n) is 2.13. The summed E-state index contributed by atoms with van der Waals surface area (Å²) >= 11 is 6.00. The van der Waals surface area contributed by atoms with Crippen LogP contribution in [0.4, 0.5) is 5.69 Å². The van der Waals surface area contributed by atoms with Gasteiger partial charge < -0.3 is 10.1 Å². The van der Waals surface area contributed by atoms with Crippen LogP contribution >= 0.6 is 11.6 Å². The Morgan fingerprint density at radius 2 is 1.88 bits per heavy atom. The zero-order valence-electron chi connectivity index (χ0n) is 13.2. The van der Waals surface area contributed by atoms with Crippen molar-refractivity contribution in [1.82, 2.24) is 0 Å². The highest BCUT2D eigenvalue weighted by Gasteiger charge is 2.21. The van der Waals surface area contributed by atoms with Gasteiger partial charge in [-0.25, -0.2) is 18.4 Å². The number of rotatable bonds is 5. The van der Waals surface area contributed by atoms with Gasteiger partial charge in [0.25, 0.3) is 0 Å². The zero-order valence-corrected chi connectivity index (χ0v) is 14.7. The van der Waals surface area contributed by atoms with Crippen LogP contribution in [0.2, 0.25) is 5.02 Å². The van der Waals surface area contributed by atoms with Crippen LogP contribution in [-0.2, 0) is 26.0 Å². The minimum absolute atomic E-state index is 0.00311. The molecule has 0 aliphatic heterocycles. The van der Waals surface area contributed by atoms with Gasteiger partial charge in [0.1, 0.15) is 0 Å². The number of nitrogens with two attached hydrogens (primary N) is 1. The van der Waals surface area contributed by atoms with Gasteiger partial charge in [-0.05, 0) is 29.8 Å². The molecule has 0 saturated carbocycles. The van der Waals surface area contributed by atoms with Crippen molar-refractivity contribution in [2.45, 2.75) is 11.3 Å². The molecule has 0 saturated heterocycles. The van der Waals surface area contributed by atoms with E-state index in [2.05, 4.69) is 10.1 Å². The minimum Gasteiger partial charge on any atom is -0.465 e. The Morgan fingerprint density at radius 1 is 1.20 bits per heavy atom. The predicted molar refractivity (Wildman–Crippen MR) is 92.9 cm³/mol. The first-order chi connectivity index (χ1) is 11.7. The molecule has 2 rings (SSSR count). The summed E-state index contributed by atoms with van der Waals surface area (Å²) in [6.07, 6.45) is 0.00311. The molecule has 0 atom stereocenters. The zero-order chi connectivity index (χ0) is 18.6. The van der Waals surface area contributed by atoms with Crippen LogP contribution in [0.5, 0.6) is 0 Å². The molecule has 0 aliphatic rings. The quantitative estimate of drug-likeness (QED) is 0.767. The van der Waals surface area contributed by atoms with Crippen LogP contribution in [0.15, 0.2) is 47.4 Å². The lowest BCUT2D eigenvalue weighted by atomic mass is 10.1. The Kier molecular flexibility index (Phi) is 5.78. The molecule has 0 fully saturated rings. The number of halogens is 1. The van der Waals surface area contributed by atoms with Crippen molar-refractivity contribution in [3.8, 4) is 0 Å². The molecule has 2 aromatic carbocycles. The summed E-state index contributed by atoms with van der Waals surface area (Å²) in [7, 11) is -3.07. The first kappa shape index (κ1) is 18.9. The second-order valence-corrected chi connectivity index (χ2v) is 7.00. The summed E-state index contributed by atoms with van der Waals surface area (Å²) in [6, 6.07) is 10.6. The summed E-state index contributed by atoms with van der Waals surface area (Å²) in [6.45, 7) is 0. The second kappa shape index (κ2) is 7.64. The number of sulfonamides is 1. The van der Waals surface area contributed by atoms with Crippen molar-refractivity contribution in [3.05, 3.63) is 58.6 Å². The maximum Gasteiger partial charge on any atom is 0.339 e. The molecule has 7 nitrogen and oxygen atoms in total. The predicted octanol–water partition coefficient (Wildman–Crippen LogP) is 1.96. The van der Waals surface area contributed by atoms with Crippen molar-refractivity contribution in [2.75, 3.05) is 12.4 Å². The Labute approximate surface area is 149 Å². The molecule has 2 aromatic rings. The van der Waals surface area contributed by atoms with E-state index < -0.39 is 26.8 Å². The molecule has 9 heteroatoms. The highest BCUT2D eigenvalue weighted by molar-refractivity contribution is 7.89. The minimum atomic E-state index is -4.19. The summed E-state index contributed by atoms with van der Waals surface area (Å²) in [5.74, 6) is -1.25. The molecule has 0 aromatic heterocycles. The molecule has 0 spiro atoms. The number of esters is 1. The number of benzene rings is 2. The fourth-order valence-corrected chi connectivity index (χ4v) is 3.09. The maximum atomic E-state index is 12.1. The lowest BCUT2D eigenvalue weighted by molar-refractivity contribution is -0.115. The van der Waals surface area contributed by atoms with Gasteiger partial charge in [-0.15, -0.1) is 0 Å². The third-order valence-electron chi connectivity index (χ3n) is 3.29. The van der Waals surface area contributed by atoms with Crippen LogP contribution in [0.3, 0.4) is 0 Å². The Bertz CT molecular complexity index is 928. The summed E-state index contributed by atoms with van der Waals surface area (Å²) in [4.78, 5) is 23.3. The van der Waals surface area contributed by atoms with E-state index in [9.17, 15) is 18.0 Å². The van der Waals surface area contributed by atoms with E-state index in [4.69, 9.17) is 16.7 Å². The number of hydrogen-bond acceptors (Lipinski definition) is 5. The topological polar surface area (TPSA) is 116 Å². The first-order valence-electron chi connectivity index (χ1n) is 7.01. The largest absolute Gasteiger partial charge is 0.465 e. The van der Waals surface area contributed by atoms with E-state index >= 15 is 0 Å². The van der Waals surface area contributed by atoms with Crippen molar-refractivity contribution in [1.29, 1.82) is 0 Å². The van der Waals surface area contributed by atoms with E-state index in [1.807, 2.05) is 0 Å². The number of primary sulfonamides is 1. The monoisotopic (exact) mass is 382 g/mol. The first-order valence-corrected chi connectivity index (χ1v) is 8.93. The average molecular weight is 383 g/mol. The third-order valence-corrected chi connectivity index (χ3v) is 4.61. The molecule has 1 amide bonds. The van der Waals surface area contributed by atoms with Gasteiger partial charge in [-0.3, -0.25) is 4.79 Å². The van der Waals surface area contributed by atoms with E-state index in [-0.39, 0.29) is 17.7 Å². The number of anilines is 1. The second-order valence-electron chi connectivity index (χ2n) is 5.06. The number of ether oxygens (including phenoxy) is 1. The molecular weight excluding hydrogens is 368 g/mol. The highest BCUT2D eigenvalue weighted by atomic mass is 35.5. The Hall–Kier alpha value is -2.42. The maximum absolute atomic E-state index is 12.1. The molecule has 132 valence electrons. The van der Waals surface area contributed by atoms with Gasteiger partial charge in [0, 0.05) is 10.7 Å². The summed E-state index contributed by atoms with van der Waals surface area (Å²) in [5.41, 5.74) is 0.586. The van der Waals surface area contributed by atoms with Gasteiger partial charge in [0.2, 0.25) is 15.9 Å². The van der Waals surface area contributed by atoms with Crippen LogP contribution in [0, 0.1) is 0 Å². The highest BCUT2D eigenvalue weighted by Crippen LogP contribution is 2.21. The average Bonchev–Trinajstić information content (AvgIpc) is 2.55. The Morgan fingerprint density at radius 3 is 2.48 bits per heavy atom. The smallest absolute Gasteiger partial charge is 0.339 e. The molecule has 25 heavy (non-hydrogen) atoms. The van der Waals surface area contributed by atoms with Gasteiger partial charge in [0.05, 0.1) is 24.0 Å². The molecule has 0 heterocycles. The Balaban J connectivity index is 2.27. The third kappa shape index (κ3) is 4.79. The summed E-state index contributed by atoms with van der Waals surface area (Å²) in [5, 5.41) is 8.12. The fraction of sp³-hybridized carbons (Fsp3) is 0.125. The number of nitrogens with one attached hydrogen (secondary N) is 1. The number of methoxy groups -OCH3 is 1. The van der Waals surface area contributed by atoms with E-state index in [0.717, 1.165) is 13.2 Å². The van der Waals surface area contributed by atoms with E-state index in [1.165, 1.54) is 12.1 Å². The molecule has 0 unspecified atom stereocenters. The van der Waals surface area contributed by atoms with Crippen LogP contribution in [0.25, 0.3) is 0 Å². The lowest BCUT2D eigenvalue weighted by Gasteiger charge is -2.10. The van der Waals surface area contributed by atoms with E-state index in [0.29, 0.717) is 10.6 Å². The molecule has 0 radical (unpaired) electrons. The number of amides is 1. The molecule has 0 aliphatic carbocycles.